The highest BCUT2D eigenvalue weighted by atomic mass is 16.1. The second-order valence-corrected chi connectivity index (χ2v) is 8.44. The van der Waals surface area contributed by atoms with Crippen molar-refractivity contribution < 1.29 is 4.79 Å². The number of hydrogen-bond acceptors (Lipinski definition) is 6. The highest BCUT2D eigenvalue weighted by molar-refractivity contribution is 5.81. The maximum absolute atomic E-state index is 12.8. The van der Waals surface area contributed by atoms with E-state index >= 15 is 0 Å². The summed E-state index contributed by atoms with van der Waals surface area (Å²) < 4.78 is 0. The molecule has 28 heavy (non-hydrogen) atoms. The highest BCUT2D eigenvalue weighted by Gasteiger charge is 2.37. The summed E-state index contributed by atoms with van der Waals surface area (Å²) in [6.07, 6.45) is 7.30. The van der Waals surface area contributed by atoms with Crippen LogP contribution in [-0.4, -0.2) is 37.4 Å². The standard InChI is InChI=1S/C21H38N6O/c1-7-21(4,5)17-9-8-16(14(2)12-22)13-26-15(3)18(19(23)27-17)20(28)25-11-10-24-6/h10-11,13-19,24,27H,7-9,23H2,1-6H3,(H,25,28)/b11-10+,26-13-. The molecule has 0 aromatic carbocycles. The Kier molecular flexibility index (Phi) is 9.63. The zero-order chi connectivity index (χ0) is 21.3. The normalized spacial score (nSPS) is 31.6. The van der Waals surface area contributed by atoms with Gasteiger partial charge in [0.05, 0.1) is 30.1 Å². The number of nitrogens with zero attached hydrogens (tertiary/aromatic N) is 2. The maximum atomic E-state index is 12.8. The van der Waals surface area contributed by atoms with E-state index < -0.39 is 12.1 Å². The van der Waals surface area contributed by atoms with Crippen molar-refractivity contribution in [1.82, 2.24) is 16.0 Å². The third-order valence-corrected chi connectivity index (χ3v) is 6.08. The molecule has 5 N–H and O–H groups in total. The predicted molar refractivity (Wildman–Crippen MR) is 114 cm³/mol. The number of nitrogens with one attached hydrogen (secondary N) is 3. The van der Waals surface area contributed by atoms with Crippen molar-refractivity contribution >= 4 is 12.1 Å². The molecule has 1 amide bonds. The summed E-state index contributed by atoms with van der Waals surface area (Å²) in [5, 5.41) is 18.5. The molecule has 7 heteroatoms. The summed E-state index contributed by atoms with van der Waals surface area (Å²) in [6.45, 7) is 10.4. The third kappa shape index (κ3) is 6.61. The lowest BCUT2D eigenvalue weighted by atomic mass is 9.77. The molecule has 1 rings (SSSR count). The summed E-state index contributed by atoms with van der Waals surface area (Å²) in [5.41, 5.74) is 6.51. The van der Waals surface area contributed by atoms with Crippen LogP contribution in [-0.2, 0) is 4.79 Å². The van der Waals surface area contributed by atoms with E-state index in [1.165, 1.54) is 0 Å². The Bertz CT molecular complexity index is 594. The Morgan fingerprint density at radius 1 is 1.46 bits per heavy atom. The van der Waals surface area contributed by atoms with Gasteiger partial charge in [-0.15, -0.1) is 0 Å². The van der Waals surface area contributed by atoms with Gasteiger partial charge >= 0.3 is 0 Å². The van der Waals surface area contributed by atoms with Gasteiger partial charge in [-0.2, -0.15) is 5.26 Å². The van der Waals surface area contributed by atoms with Crippen molar-refractivity contribution in [1.29, 1.82) is 5.26 Å². The summed E-state index contributed by atoms with van der Waals surface area (Å²) in [5.74, 6) is -0.759. The van der Waals surface area contributed by atoms with Gasteiger partial charge in [0, 0.05) is 37.6 Å². The minimum Gasteiger partial charge on any atom is -0.393 e. The van der Waals surface area contributed by atoms with Crippen LogP contribution in [0.25, 0.3) is 0 Å². The lowest BCUT2D eigenvalue weighted by Gasteiger charge is -2.40. The van der Waals surface area contributed by atoms with Crippen LogP contribution < -0.4 is 21.7 Å². The first-order valence-corrected chi connectivity index (χ1v) is 10.2. The number of carbonyl (C=O) groups is 1. The SMILES string of the molecule is CCC(C)(C)C1CCC(C(C)C#N)/C=N\C(C)C(C(=O)N/C=C/NC)C(N)N1. The van der Waals surface area contributed by atoms with E-state index in [2.05, 4.69) is 47.8 Å². The molecule has 0 saturated heterocycles. The molecule has 1 heterocycles. The highest BCUT2D eigenvalue weighted by Crippen LogP contribution is 2.31. The van der Waals surface area contributed by atoms with Gasteiger partial charge in [0.2, 0.25) is 5.91 Å². The Labute approximate surface area is 170 Å². The van der Waals surface area contributed by atoms with Gasteiger partial charge in [0.15, 0.2) is 0 Å². The van der Waals surface area contributed by atoms with Gasteiger partial charge in [-0.1, -0.05) is 20.8 Å². The van der Waals surface area contributed by atoms with Crippen molar-refractivity contribution in [2.75, 3.05) is 7.05 Å². The Balaban J connectivity index is 3.22. The van der Waals surface area contributed by atoms with E-state index in [0.29, 0.717) is 0 Å². The lowest BCUT2D eigenvalue weighted by molar-refractivity contribution is -0.125. The average Bonchev–Trinajstić information content (AvgIpc) is 2.66. The molecule has 6 atom stereocenters. The minimum atomic E-state index is -0.524. The summed E-state index contributed by atoms with van der Waals surface area (Å²) in [4.78, 5) is 17.4. The predicted octanol–water partition coefficient (Wildman–Crippen LogP) is 2.12. The van der Waals surface area contributed by atoms with E-state index in [0.717, 1.165) is 19.3 Å². The molecule has 1 aliphatic rings. The first-order chi connectivity index (χ1) is 13.2. The van der Waals surface area contributed by atoms with Gasteiger partial charge in [0.25, 0.3) is 0 Å². The smallest absolute Gasteiger partial charge is 0.232 e. The van der Waals surface area contributed by atoms with E-state index in [-0.39, 0.29) is 35.2 Å². The van der Waals surface area contributed by atoms with Gasteiger partial charge in [-0.3, -0.25) is 15.1 Å². The quantitative estimate of drug-likeness (QED) is 0.554. The fourth-order valence-electron chi connectivity index (χ4n) is 3.52. The average molecular weight is 391 g/mol. The number of carbonyl (C=O) groups excluding carboxylic acids is 1. The Morgan fingerprint density at radius 3 is 2.71 bits per heavy atom. The fraction of sp³-hybridized carbons (Fsp3) is 0.762. The third-order valence-electron chi connectivity index (χ3n) is 6.08. The van der Waals surface area contributed by atoms with Crippen LogP contribution in [0, 0.1) is 34.5 Å². The number of amides is 1. The zero-order valence-corrected chi connectivity index (χ0v) is 18.2. The molecule has 0 fully saturated rings. The van der Waals surface area contributed by atoms with Crippen molar-refractivity contribution in [2.45, 2.75) is 72.1 Å². The topological polar surface area (TPSA) is 115 Å². The molecule has 0 saturated carbocycles. The van der Waals surface area contributed by atoms with Gasteiger partial charge in [-0.05, 0) is 38.5 Å². The first kappa shape index (κ1) is 24.1. The van der Waals surface area contributed by atoms with Crippen LogP contribution >= 0.6 is 0 Å². The molecule has 0 aliphatic carbocycles. The van der Waals surface area contributed by atoms with Gasteiger partial charge < -0.3 is 16.4 Å². The van der Waals surface area contributed by atoms with Crippen molar-refractivity contribution in [3.63, 3.8) is 0 Å². The van der Waals surface area contributed by atoms with Crippen LogP contribution in [0.5, 0.6) is 0 Å². The second-order valence-electron chi connectivity index (χ2n) is 8.44. The maximum Gasteiger partial charge on any atom is 0.232 e. The Morgan fingerprint density at radius 2 is 2.14 bits per heavy atom. The number of rotatable bonds is 6. The number of hydrogen-bond donors (Lipinski definition) is 4. The minimum absolute atomic E-state index is 0.0185. The molecule has 1 aliphatic heterocycles. The van der Waals surface area contributed by atoms with Crippen molar-refractivity contribution in [3.8, 4) is 6.07 Å². The van der Waals surface area contributed by atoms with E-state index in [4.69, 9.17) is 5.73 Å². The lowest BCUT2D eigenvalue weighted by Crippen LogP contribution is -2.58. The number of nitrogens with two attached hydrogens (primary N) is 1. The second kappa shape index (κ2) is 11.2. The monoisotopic (exact) mass is 390 g/mol. The van der Waals surface area contributed by atoms with Crippen LogP contribution in [0.1, 0.15) is 53.9 Å². The van der Waals surface area contributed by atoms with Crippen molar-refractivity contribution in [2.24, 2.45) is 33.9 Å². The molecule has 0 aromatic rings. The fourth-order valence-corrected chi connectivity index (χ4v) is 3.52. The number of aliphatic imine (C=N–C) groups is 1. The van der Waals surface area contributed by atoms with Crippen LogP contribution in [0.15, 0.2) is 17.4 Å². The largest absolute Gasteiger partial charge is 0.393 e. The first-order valence-electron chi connectivity index (χ1n) is 10.2. The van der Waals surface area contributed by atoms with Crippen LogP contribution in [0.4, 0.5) is 0 Å². The van der Waals surface area contributed by atoms with E-state index in [1.807, 2.05) is 20.1 Å². The molecular weight excluding hydrogens is 352 g/mol. The summed E-state index contributed by atoms with van der Waals surface area (Å²) >= 11 is 0. The van der Waals surface area contributed by atoms with E-state index in [1.54, 1.807) is 19.4 Å². The summed E-state index contributed by atoms with van der Waals surface area (Å²) in [7, 11) is 1.76. The molecule has 6 unspecified atom stereocenters. The Hall–Kier alpha value is -1.91. The summed E-state index contributed by atoms with van der Waals surface area (Å²) in [6, 6.07) is 2.18. The van der Waals surface area contributed by atoms with Gasteiger partial charge in [0.1, 0.15) is 0 Å². The molecule has 158 valence electrons. The molecule has 7 nitrogen and oxygen atoms in total. The zero-order valence-electron chi connectivity index (χ0n) is 18.2. The molecule has 0 bridgehead atoms. The number of nitriles is 1. The van der Waals surface area contributed by atoms with E-state index in [9.17, 15) is 10.1 Å². The molecular formula is C21H38N6O. The van der Waals surface area contributed by atoms with Crippen molar-refractivity contribution in [3.05, 3.63) is 12.4 Å². The van der Waals surface area contributed by atoms with Crippen LogP contribution in [0.3, 0.4) is 0 Å². The molecule has 0 aromatic heterocycles. The van der Waals surface area contributed by atoms with Gasteiger partial charge in [-0.25, -0.2) is 0 Å². The molecule has 0 spiro atoms. The van der Waals surface area contributed by atoms with Crippen LogP contribution in [0.2, 0.25) is 0 Å². The molecule has 0 radical (unpaired) electrons.